The molecule has 2 N–H and O–H groups in total. The van der Waals surface area contributed by atoms with Gasteiger partial charge in [0.05, 0.1) is 17.6 Å². The Labute approximate surface area is 95.8 Å². The van der Waals surface area contributed by atoms with E-state index in [9.17, 15) is 4.79 Å². The van der Waals surface area contributed by atoms with Gasteiger partial charge >= 0.3 is 0 Å². The molecule has 1 rings (SSSR count). The maximum absolute atomic E-state index is 11.9. The fourth-order valence-corrected chi connectivity index (χ4v) is 1.88. The molecule has 0 saturated carbocycles. The largest absolute Gasteiger partial charge is 0.392 e. The van der Waals surface area contributed by atoms with Crippen LogP contribution in [-0.2, 0) is 9.53 Å². The van der Waals surface area contributed by atoms with Gasteiger partial charge in [-0.3, -0.25) is 4.79 Å². The molecule has 5 heteroatoms. The standard InChI is InChI=1S/C10H18N2O2S/c1-3-12(6-9(11)15)10(13)8-5-4-7(2)14-8/h7-8H,3-6H2,1-2H3,(H2,11,15). The van der Waals surface area contributed by atoms with Crippen molar-refractivity contribution < 1.29 is 9.53 Å². The number of hydrogen-bond donors (Lipinski definition) is 1. The predicted molar refractivity (Wildman–Crippen MR) is 62.6 cm³/mol. The fraction of sp³-hybridized carbons (Fsp3) is 0.800. The van der Waals surface area contributed by atoms with E-state index in [1.807, 2.05) is 13.8 Å². The normalized spacial score (nSPS) is 25.2. The van der Waals surface area contributed by atoms with Crippen LogP contribution in [0.3, 0.4) is 0 Å². The van der Waals surface area contributed by atoms with E-state index in [0.717, 1.165) is 12.8 Å². The first-order valence-electron chi connectivity index (χ1n) is 5.27. The highest BCUT2D eigenvalue weighted by Crippen LogP contribution is 2.20. The van der Waals surface area contributed by atoms with Crippen LogP contribution in [0.4, 0.5) is 0 Å². The van der Waals surface area contributed by atoms with Crippen molar-refractivity contribution in [2.75, 3.05) is 13.1 Å². The average molecular weight is 230 g/mol. The molecule has 0 spiro atoms. The number of hydrogen-bond acceptors (Lipinski definition) is 3. The number of carbonyl (C=O) groups is 1. The molecule has 86 valence electrons. The van der Waals surface area contributed by atoms with Gasteiger partial charge < -0.3 is 15.4 Å². The lowest BCUT2D eigenvalue weighted by Gasteiger charge is -2.23. The molecule has 1 aliphatic heterocycles. The topological polar surface area (TPSA) is 55.6 Å². The number of thiocarbonyl (C=S) groups is 1. The van der Waals surface area contributed by atoms with Crippen molar-refractivity contribution in [2.24, 2.45) is 5.73 Å². The van der Waals surface area contributed by atoms with E-state index in [1.54, 1.807) is 4.90 Å². The van der Waals surface area contributed by atoms with Gasteiger partial charge in [-0.2, -0.15) is 0 Å². The maximum atomic E-state index is 11.9. The highest BCUT2D eigenvalue weighted by Gasteiger charge is 2.31. The van der Waals surface area contributed by atoms with Crippen LogP contribution in [0, 0.1) is 0 Å². The highest BCUT2D eigenvalue weighted by atomic mass is 32.1. The molecule has 4 nitrogen and oxygen atoms in total. The number of ether oxygens (including phenoxy) is 1. The molecule has 1 aliphatic rings. The van der Waals surface area contributed by atoms with E-state index in [1.165, 1.54) is 0 Å². The first kappa shape index (κ1) is 12.4. The van der Waals surface area contributed by atoms with Gasteiger partial charge in [-0.15, -0.1) is 0 Å². The molecule has 1 amide bonds. The Morgan fingerprint density at radius 1 is 1.60 bits per heavy atom. The Morgan fingerprint density at radius 2 is 2.27 bits per heavy atom. The summed E-state index contributed by atoms with van der Waals surface area (Å²) in [5.74, 6) is 0.00894. The Morgan fingerprint density at radius 3 is 2.67 bits per heavy atom. The minimum atomic E-state index is -0.297. The second-order valence-electron chi connectivity index (χ2n) is 3.83. The number of rotatable bonds is 4. The van der Waals surface area contributed by atoms with E-state index in [2.05, 4.69) is 0 Å². The monoisotopic (exact) mass is 230 g/mol. The highest BCUT2D eigenvalue weighted by molar-refractivity contribution is 7.80. The zero-order valence-corrected chi connectivity index (χ0v) is 10.0. The van der Waals surface area contributed by atoms with E-state index < -0.39 is 0 Å². The van der Waals surface area contributed by atoms with Crippen molar-refractivity contribution >= 4 is 23.1 Å². The minimum absolute atomic E-state index is 0.00894. The van der Waals surface area contributed by atoms with Crippen LogP contribution in [0.1, 0.15) is 26.7 Å². The van der Waals surface area contributed by atoms with Crippen LogP contribution in [0.15, 0.2) is 0 Å². The van der Waals surface area contributed by atoms with Crippen LogP contribution in [0.5, 0.6) is 0 Å². The Kier molecular flexibility index (Phi) is 4.47. The van der Waals surface area contributed by atoms with Gasteiger partial charge in [0, 0.05) is 6.54 Å². The third-order valence-corrected chi connectivity index (χ3v) is 2.68. The van der Waals surface area contributed by atoms with Crippen molar-refractivity contribution in [3.8, 4) is 0 Å². The summed E-state index contributed by atoms with van der Waals surface area (Å²) in [5, 5.41) is 0. The van der Waals surface area contributed by atoms with Gasteiger partial charge in [0.15, 0.2) is 0 Å². The predicted octanol–water partition coefficient (Wildman–Crippen LogP) is 0.688. The summed E-state index contributed by atoms with van der Waals surface area (Å²) in [7, 11) is 0. The third-order valence-electron chi connectivity index (χ3n) is 2.55. The number of nitrogens with zero attached hydrogens (tertiary/aromatic N) is 1. The first-order valence-corrected chi connectivity index (χ1v) is 5.68. The molecule has 1 heterocycles. The fourth-order valence-electron chi connectivity index (χ4n) is 1.72. The molecule has 1 fully saturated rings. The van der Waals surface area contributed by atoms with Gasteiger partial charge in [-0.25, -0.2) is 0 Å². The lowest BCUT2D eigenvalue weighted by Crippen LogP contribution is -2.43. The van der Waals surface area contributed by atoms with Crippen molar-refractivity contribution in [1.29, 1.82) is 0 Å². The van der Waals surface area contributed by atoms with Crippen molar-refractivity contribution in [3.63, 3.8) is 0 Å². The van der Waals surface area contributed by atoms with Crippen LogP contribution in [0.2, 0.25) is 0 Å². The molecular formula is C10H18N2O2S. The Bertz CT molecular complexity index is 258. The van der Waals surface area contributed by atoms with Gasteiger partial charge in [0.2, 0.25) is 0 Å². The van der Waals surface area contributed by atoms with E-state index in [-0.39, 0.29) is 18.1 Å². The number of amides is 1. The summed E-state index contributed by atoms with van der Waals surface area (Å²) in [4.78, 5) is 13.9. The van der Waals surface area contributed by atoms with Crippen LogP contribution >= 0.6 is 12.2 Å². The quantitative estimate of drug-likeness (QED) is 0.722. The van der Waals surface area contributed by atoms with Crippen LogP contribution in [0.25, 0.3) is 0 Å². The molecule has 2 atom stereocenters. The lowest BCUT2D eigenvalue weighted by molar-refractivity contribution is -0.141. The van der Waals surface area contributed by atoms with Gasteiger partial charge in [-0.05, 0) is 26.7 Å². The first-order chi connectivity index (χ1) is 7.04. The average Bonchev–Trinajstić information content (AvgIpc) is 2.60. The van der Waals surface area contributed by atoms with Gasteiger partial charge in [0.1, 0.15) is 6.10 Å². The molecule has 15 heavy (non-hydrogen) atoms. The van der Waals surface area contributed by atoms with Crippen molar-refractivity contribution in [3.05, 3.63) is 0 Å². The summed E-state index contributed by atoms with van der Waals surface area (Å²) >= 11 is 4.80. The van der Waals surface area contributed by atoms with Crippen LogP contribution in [-0.4, -0.2) is 41.1 Å². The van der Waals surface area contributed by atoms with E-state index in [0.29, 0.717) is 18.1 Å². The summed E-state index contributed by atoms with van der Waals surface area (Å²) in [6.07, 6.45) is 1.63. The van der Waals surface area contributed by atoms with Gasteiger partial charge in [-0.1, -0.05) is 12.2 Å². The Hall–Kier alpha value is -0.680. The second kappa shape index (κ2) is 5.42. The molecule has 2 unspecified atom stereocenters. The summed E-state index contributed by atoms with van der Waals surface area (Å²) in [5.41, 5.74) is 5.43. The third kappa shape index (κ3) is 3.43. The molecule has 0 bridgehead atoms. The molecule has 0 radical (unpaired) electrons. The smallest absolute Gasteiger partial charge is 0.252 e. The maximum Gasteiger partial charge on any atom is 0.252 e. The zero-order valence-electron chi connectivity index (χ0n) is 9.23. The zero-order chi connectivity index (χ0) is 11.4. The van der Waals surface area contributed by atoms with Gasteiger partial charge in [0.25, 0.3) is 5.91 Å². The molecule has 0 aromatic rings. The number of nitrogens with two attached hydrogens (primary N) is 1. The van der Waals surface area contributed by atoms with E-state index >= 15 is 0 Å². The minimum Gasteiger partial charge on any atom is -0.392 e. The molecule has 0 aromatic carbocycles. The van der Waals surface area contributed by atoms with E-state index in [4.69, 9.17) is 22.7 Å². The van der Waals surface area contributed by atoms with Crippen molar-refractivity contribution in [2.45, 2.75) is 38.9 Å². The summed E-state index contributed by atoms with van der Waals surface area (Å²) < 4.78 is 5.51. The van der Waals surface area contributed by atoms with Crippen molar-refractivity contribution in [1.82, 2.24) is 4.90 Å². The summed E-state index contributed by atoms with van der Waals surface area (Å²) in [6.45, 7) is 4.86. The molecule has 0 aliphatic carbocycles. The molecule has 0 aromatic heterocycles. The molecule has 1 saturated heterocycles. The lowest BCUT2D eigenvalue weighted by atomic mass is 10.2. The number of carbonyl (C=O) groups excluding carboxylic acids is 1. The summed E-state index contributed by atoms with van der Waals surface area (Å²) in [6, 6.07) is 0. The SMILES string of the molecule is CCN(CC(N)=S)C(=O)C1CCC(C)O1. The second-order valence-corrected chi connectivity index (χ2v) is 4.36. The number of likely N-dealkylation sites (N-methyl/N-ethyl adjacent to an activating group) is 1. The Balaban J connectivity index is 2.53. The molecular weight excluding hydrogens is 212 g/mol. The van der Waals surface area contributed by atoms with Crippen LogP contribution < -0.4 is 5.73 Å².